The molecule has 0 unspecified atom stereocenters. The summed E-state index contributed by atoms with van der Waals surface area (Å²) in [5.74, 6) is -0.245. The molecule has 1 aromatic rings. The molecular formula is C13H17NO5. The first kappa shape index (κ1) is 14.9. The van der Waals surface area contributed by atoms with Crippen LogP contribution in [0.15, 0.2) is 24.3 Å². The van der Waals surface area contributed by atoms with E-state index >= 15 is 0 Å². The fraction of sp³-hybridized carbons (Fsp3) is 0.462. The van der Waals surface area contributed by atoms with Gasteiger partial charge in [-0.25, -0.2) is 0 Å². The zero-order valence-corrected chi connectivity index (χ0v) is 11.0. The van der Waals surface area contributed by atoms with E-state index in [1.54, 1.807) is 38.3 Å². The van der Waals surface area contributed by atoms with Crippen molar-refractivity contribution in [3.05, 3.63) is 39.9 Å². The molecule has 0 aromatic heterocycles. The minimum absolute atomic E-state index is 0.00114. The van der Waals surface area contributed by atoms with Gasteiger partial charge in [0.05, 0.1) is 26.1 Å². The highest BCUT2D eigenvalue weighted by Gasteiger charge is 2.22. The summed E-state index contributed by atoms with van der Waals surface area (Å²) in [6.07, 6.45) is 0.00114. The number of carbonyl (C=O) groups is 1. The monoisotopic (exact) mass is 267 g/mol. The van der Waals surface area contributed by atoms with E-state index in [1.165, 1.54) is 0 Å². The Balaban J connectivity index is 2.82. The van der Waals surface area contributed by atoms with Crippen molar-refractivity contribution in [3.8, 4) is 5.75 Å². The summed E-state index contributed by atoms with van der Waals surface area (Å²) in [5, 5.41) is 10.7. The highest BCUT2D eigenvalue weighted by molar-refractivity contribution is 5.70. The van der Waals surface area contributed by atoms with Gasteiger partial charge < -0.3 is 9.47 Å². The first-order valence-electron chi connectivity index (χ1n) is 5.98. The fourth-order valence-electron chi connectivity index (χ4n) is 1.76. The highest BCUT2D eigenvalue weighted by atomic mass is 16.6. The number of hydrogen-bond acceptors (Lipinski definition) is 5. The van der Waals surface area contributed by atoms with Gasteiger partial charge in [0, 0.05) is 4.92 Å². The van der Waals surface area contributed by atoms with Crippen LogP contribution in [0.5, 0.6) is 5.75 Å². The molecule has 0 fully saturated rings. The summed E-state index contributed by atoms with van der Waals surface area (Å²) in [4.78, 5) is 21.7. The van der Waals surface area contributed by atoms with Crippen molar-refractivity contribution in [2.45, 2.75) is 19.3 Å². The quantitative estimate of drug-likeness (QED) is 0.429. The third-order valence-electron chi connectivity index (χ3n) is 2.68. The number of esters is 1. The predicted molar refractivity (Wildman–Crippen MR) is 68.8 cm³/mol. The van der Waals surface area contributed by atoms with Crippen molar-refractivity contribution in [3.63, 3.8) is 0 Å². The molecule has 0 heterocycles. The Morgan fingerprint density at radius 3 is 2.47 bits per heavy atom. The van der Waals surface area contributed by atoms with Crippen molar-refractivity contribution >= 4 is 5.97 Å². The molecule has 0 bridgehead atoms. The number of methoxy groups -OCH3 is 1. The Labute approximate surface area is 111 Å². The fourth-order valence-corrected chi connectivity index (χ4v) is 1.76. The smallest absolute Gasteiger partial charge is 0.306 e. The van der Waals surface area contributed by atoms with E-state index in [9.17, 15) is 14.9 Å². The summed E-state index contributed by atoms with van der Waals surface area (Å²) in [6, 6.07) is 6.89. The van der Waals surface area contributed by atoms with Crippen LogP contribution in [-0.4, -0.2) is 31.2 Å². The minimum atomic E-state index is -0.486. The number of hydrogen-bond donors (Lipinski definition) is 0. The van der Waals surface area contributed by atoms with Crippen molar-refractivity contribution < 1.29 is 19.2 Å². The molecule has 0 N–H and O–H groups in total. The molecule has 0 aliphatic carbocycles. The molecule has 1 atom stereocenters. The second kappa shape index (κ2) is 7.35. The van der Waals surface area contributed by atoms with E-state index in [2.05, 4.69) is 0 Å². The van der Waals surface area contributed by atoms with Crippen LogP contribution in [0, 0.1) is 10.1 Å². The standard InChI is InChI=1S/C13H17NO5/c1-3-19-13(15)8-11(9-14(16)17)10-4-6-12(18-2)7-5-10/h4-7,11H,3,8-9H2,1-2H3/t11-/m0/s1. The molecule has 0 saturated heterocycles. The SMILES string of the molecule is CCOC(=O)C[C@@H](C[N+](=O)[O-])c1ccc(OC)cc1. The van der Waals surface area contributed by atoms with Gasteiger partial charge in [0.2, 0.25) is 6.54 Å². The molecule has 0 radical (unpaired) electrons. The molecule has 0 aliphatic rings. The van der Waals surface area contributed by atoms with Crippen molar-refractivity contribution in [2.75, 3.05) is 20.3 Å². The van der Waals surface area contributed by atoms with Gasteiger partial charge in [-0.15, -0.1) is 0 Å². The normalized spacial score (nSPS) is 11.7. The number of carbonyl (C=O) groups excluding carboxylic acids is 1. The van der Waals surface area contributed by atoms with E-state index < -0.39 is 16.8 Å². The summed E-state index contributed by atoms with van der Waals surface area (Å²) in [5.41, 5.74) is 0.727. The lowest BCUT2D eigenvalue weighted by Crippen LogP contribution is -2.18. The Morgan fingerprint density at radius 1 is 1.37 bits per heavy atom. The Kier molecular flexibility index (Phi) is 5.78. The van der Waals surface area contributed by atoms with Crippen LogP contribution in [0.1, 0.15) is 24.8 Å². The lowest BCUT2D eigenvalue weighted by Gasteiger charge is -2.13. The van der Waals surface area contributed by atoms with Gasteiger partial charge in [-0.05, 0) is 24.6 Å². The van der Waals surface area contributed by atoms with E-state index in [0.717, 1.165) is 5.56 Å². The second-order valence-corrected chi connectivity index (χ2v) is 3.99. The van der Waals surface area contributed by atoms with Gasteiger partial charge in [-0.2, -0.15) is 0 Å². The maximum atomic E-state index is 11.5. The molecule has 6 heteroatoms. The maximum absolute atomic E-state index is 11.5. The van der Waals surface area contributed by atoms with Gasteiger partial charge in [-0.3, -0.25) is 14.9 Å². The third kappa shape index (κ3) is 4.95. The number of ether oxygens (including phenoxy) is 2. The topological polar surface area (TPSA) is 78.7 Å². The molecule has 0 spiro atoms. The molecule has 0 aliphatic heterocycles. The molecule has 104 valence electrons. The first-order valence-corrected chi connectivity index (χ1v) is 5.98. The van der Waals surface area contributed by atoms with Crippen LogP contribution in [0.3, 0.4) is 0 Å². The van der Waals surface area contributed by atoms with Crippen LogP contribution in [0.2, 0.25) is 0 Å². The average Bonchev–Trinajstić information content (AvgIpc) is 2.38. The number of rotatable bonds is 7. The summed E-state index contributed by atoms with van der Waals surface area (Å²) < 4.78 is 9.86. The van der Waals surface area contributed by atoms with Crippen molar-refractivity contribution in [2.24, 2.45) is 0 Å². The lowest BCUT2D eigenvalue weighted by molar-refractivity contribution is -0.483. The second-order valence-electron chi connectivity index (χ2n) is 3.99. The summed E-state index contributed by atoms with van der Waals surface area (Å²) >= 11 is 0. The first-order chi connectivity index (χ1) is 9.06. The van der Waals surface area contributed by atoms with Gasteiger partial charge >= 0.3 is 5.97 Å². The van der Waals surface area contributed by atoms with Crippen LogP contribution in [0.25, 0.3) is 0 Å². The largest absolute Gasteiger partial charge is 0.497 e. The minimum Gasteiger partial charge on any atom is -0.497 e. The zero-order valence-electron chi connectivity index (χ0n) is 11.0. The van der Waals surface area contributed by atoms with E-state index in [4.69, 9.17) is 9.47 Å². The number of nitrogens with zero attached hydrogens (tertiary/aromatic N) is 1. The highest BCUT2D eigenvalue weighted by Crippen LogP contribution is 2.23. The molecule has 1 rings (SSSR count). The van der Waals surface area contributed by atoms with Crippen LogP contribution >= 0.6 is 0 Å². The summed E-state index contributed by atoms with van der Waals surface area (Å²) in [6.45, 7) is 1.67. The zero-order chi connectivity index (χ0) is 14.3. The Morgan fingerprint density at radius 2 is 2.00 bits per heavy atom. The van der Waals surface area contributed by atoms with Crippen LogP contribution < -0.4 is 4.74 Å². The lowest BCUT2D eigenvalue weighted by atomic mass is 9.96. The van der Waals surface area contributed by atoms with E-state index in [0.29, 0.717) is 5.75 Å². The Hall–Kier alpha value is -2.11. The predicted octanol–water partition coefficient (Wildman–Crippen LogP) is 2.01. The number of nitro groups is 1. The number of benzene rings is 1. The average molecular weight is 267 g/mol. The van der Waals surface area contributed by atoms with Crippen LogP contribution in [-0.2, 0) is 9.53 Å². The van der Waals surface area contributed by atoms with Crippen molar-refractivity contribution in [1.29, 1.82) is 0 Å². The van der Waals surface area contributed by atoms with Gasteiger partial charge in [0.25, 0.3) is 0 Å². The maximum Gasteiger partial charge on any atom is 0.306 e. The molecule has 1 aromatic carbocycles. The molecule has 6 nitrogen and oxygen atoms in total. The Bertz CT molecular complexity index is 429. The van der Waals surface area contributed by atoms with Crippen molar-refractivity contribution in [1.82, 2.24) is 0 Å². The molecule has 0 amide bonds. The van der Waals surface area contributed by atoms with Gasteiger partial charge in [-0.1, -0.05) is 12.1 Å². The third-order valence-corrected chi connectivity index (χ3v) is 2.68. The van der Waals surface area contributed by atoms with Gasteiger partial charge in [0.1, 0.15) is 5.75 Å². The van der Waals surface area contributed by atoms with Gasteiger partial charge in [0.15, 0.2) is 0 Å². The van der Waals surface area contributed by atoms with E-state index in [1.807, 2.05) is 0 Å². The summed E-state index contributed by atoms with van der Waals surface area (Å²) in [7, 11) is 1.54. The molecular weight excluding hydrogens is 250 g/mol. The molecule has 19 heavy (non-hydrogen) atoms. The molecule has 0 saturated carbocycles. The van der Waals surface area contributed by atoms with E-state index in [-0.39, 0.29) is 19.6 Å². The van der Waals surface area contributed by atoms with Crippen LogP contribution in [0.4, 0.5) is 0 Å².